The number of aliphatic imine (C=N–C) groups is 1. The Kier molecular flexibility index (Phi) is 10.5. The van der Waals surface area contributed by atoms with Crippen LogP contribution < -0.4 is 15.4 Å². The number of hydrogen-bond acceptors (Lipinski definition) is 4. The molecule has 1 fully saturated rings. The van der Waals surface area contributed by atoms with E-state index in [1.54, 1.807) is 26.3 Å². The van der Waals surface area contributed by atoms with Crippen LogP contribution in [-0.4, -0.2) is 49.8 Å². The van der Waals surface area contributed by atoms with Crippen molar-refractivity contribution in [2.24, 2.45) is 4.99 Å². The number of nitrogens with one attached hydrogen (secondary N) is 2. The molecule has 0 aromatic heterocycles. The first kappa shape index (κ1) is 25.4. The Morgan fingerprint density at radius 3 is 2.48 bits per heavy atom. The zero-order valence-corrected chi connectivity index (χ0v) is 20.4. The van der Waals surface area contributed by atoms with Gasteiger partial charge in [-0.3, -0.25) is 9.89 Å². The summed E-state index contributed by atoms with van der Waals surface area (Å²) in [6, 6.07) is 13.2. The molecule has 2 aromatic carbocycles. The van der Waals surface area contributed by atoms with E-state index in [9.17, 15) is 9.50 Å². The number of benzene rings is 2. The Hall–Kier alpha value is -1.91. The van der Waals surface area contributed by atoms with Gasteiger partial charge in [-0.25, -0.2) is 4.39 Å². The van der Waals surface area contributed by atoms with Crippen LogP contribution in [0.5, 0.6) is 5.75 Å². The fourth-order valence-corrected chi connectivity index (χ4v) is 3.80. The van der Waals surface area contributed by atoms with E-state index >= 15 is 0 Å². The summed E-state index contributed by atoms with van der Waals surface area (Å²) in [5.41, 5.74) is 2.42. The Morgan fingerprint density at radius 2 is 1.87 bits per heavy atom. The number of aliphatic hydroxyl groups is 1. The average Bonchev–Trinajstić information content (AvgIpc) is 3.32. The van der Waals surface area contributed by atoms with Gasteiger partial charge in [-0.05, 0) is 61.3 Å². The van der Waals surface area contributed by atoms with Crippen molar-refractivity contribution in [2.45, 2.75) is 32.0 Å². The van der Waals surface area contributed by atoms with E-state index in [-0.39, 0.29) is 36.6 Å². The highest BCUT2D eigenvalue weighted by Crippen LogP contribution is 2.26. The Bertz CT molecular complexity index is 842. The molecule has 8 heteroatoms. The molecule has 2 aromatic rings. The minimum Gasteiger partial charge on any atom is -0.497 e. The summed E-state index contributed by atoms with van der Waals surface area (Å²) in [5.74, 6) is 1.14. The monoisotopic (exact) mass is 542 g/mol. The van der Waals surface area contributed by atoms with E-state index < -0.39 is 5.82 Å². The minimum atomic E-state index is -0.392. The molecular weight excluding hydrogens is 510 g/mol. The standard InChI is InChI=1S/C23H31FN4O2.HI/c1-25-23(26-14-17-5-10-21(24)19(13-17)16-29)27-15-22(28-11-3-4-12-28)18-6-8-20(30-2)9-7-18;/h5-10,13,22,29H,3-4,11-12,14-16H2,1-2H3,(H2,25,26,27);1H. The van der Waals surface area contributed by atoms with Crippen molar-refractivity contribution >= 4 is 29.9 Å². The largest absolute Gasteiger partial charge is 0.497 e. The molecule has 1 aliphatic rings. The van der Waals surface area contributed by atoms with Crippen molar-refractivity contribution in [3.8, 4) is 5.75 Å². The summed E-state index contributed by atoms with van der Waals surface area (Å²) >= 11 is 0. The second-order valence-corrected chi connectivity index (χ2v) is 7.42. The number of aliphatic hydroxyl groups excluding tert-OH is 1. The summed E-state index contributed by atoms with van der Waals surface area (Å²) < 4.78 is 18.9. The predicted octanol–water partition coefficient (Wildman–Crippen LogP) is 3.45. The molecule has 0 amide bonds. The first-order valence-corrected chi connectivity index (χ1v) is 10.3. The number of likely N-dealkylation sites (tertiary alicyclic amines) is 1. The summed E-state index contributed by atoms with van der Waals surface area (Å²) in [4.78, 5) is 6.81. The third kappa shape index (κ3) is 7.05. The highest BCUT2D eigenvalue weighted by Gasteiger charge is 2.23. The molecular formula is C23H32FIN4O2. The summed E-state index contributed by atoms with van der Waals surface area (Å²) in [6.45, 7) is 3.07. The highest BCUT2D eigenvalue weighted by molar-refractivity contribution is 14.0. The second-order valence-electron chi connectivity index (χ2n) is 7.42. The molecule has 1 heterocycles. The fourth-order valence-electron chi connectivity index (χ4n) is 3.80. The molecule has 6 nitrogen and oxygen atoms in total. The van der Waals surface area contributed by atoms with Gasteiger partial charge in [0.1, 0.15) is 11.6 Å². The molecule has 1 saturated heterocycles. The van der Waals surface area contributed by atoms with E-state index in [4.69, 9.17) is 4.74 Å². The third-order valence-electron chi connectivity index (χ3n) is 5.51. The quantitative estimate of drug-likeness (QED) is 0.271. The van der Waals surface area contributed by atoms with Crippen LogP contribution >= 0.6 is 24.0 Å². The second kappa shape index (κ2) is 12.8. The van der Waals surface area contributed by atoms with Gasteiger partial charge in [0, 0.05) is 25.7 Å². The molecule has 0 saturated carbocycles. The normalized spacial score (nSPS) is 15.3. The molecule has 1 unspecified atom stereocenters. The van der Waals surface area contributed by atoms with E-state index in [0.717, 1.165) is 30.9 Å². The smallest absolute Gasteiger partial charge is 0.191 e. The van der Waals surface area contributed by atoms with Gasteiger partial charge in [0.05, 0.1) is 19.8 Å². The lowest BCUT2D eigenvalue weighted by atomic mass is 10.1. The van der Waals surface area contributed by atoms with Gasteiger partial charge in [0.2, 0.25) is 0 Å². The van der Waals surface area contributed by atoms with Crippen LogP contribution in [-0.2, 0) is 13.2 Å². The number of nitrogens with zero attached hydrogens (tertiary/aromatic N) is 2. The molecule has 0 bridgehead atoms. The lowest BCUT2D eigenvalue weighted by Crippen LogP contribution is -2.42. The van der Waals surface area contributed by atoms with Crippen molar-refractivity contribution in [1.29, 1.82) is 0 Å². The van der Waals surface area contributed by atoms with Crippen LogP contribution in [0.3, 0.4) is 0 Å². The Balaban J connectivity index is 0.00000341. The number of rotatable bonds is 8. The fraction of sp³-hybridized carbons (Fsp3) is 0.435. The van der Waals surface area contributed by atoms with Crippen LogP contribution in [0.4, 0.5) is 4.39 Å². The summed E-state index contributed by atoms with van der Waals surface area (Å²) in [7, 11) is 3.41. The zero-order chi connectivity index (χ0) is 21.3. The van der Waals surface area contributed by atoms with Gasteiger partial charge < -0.3 is 20.5 Å². The maximum absolute atomic E-state index is 13.6. The molecule has 0 radical (unpaired) electrons. The van der Waals surface area contributed by atoms with Gasteiger partial charge in [-0.1, -0.05) is 18.2 Å². The number of hydrogen-bond donors (Lipinski definition) is 3. The van der Waals surface area contributed by atoms with Gasteiger partial charge >= 0.3 is 0 Å². The first-order valence-electron chi connectivity index (χ1n) is 10.3. The van der Waals surface area contributed by atoms with Crippen LogP contribution in [0.2, 0.25) is 0 Å². The van der Waals surface area contributed by atoms with Crippen molar-refractivity contribution in [3.05, 3.63) is 65.0 Å². The summed E-state index contributed by atoms with van der Waals surface area (Å²) in [6.07, 6.45) is 2.44. The third-order valence-corrected chi connectivity index (χ3v) is 5.51. The molecule has 3 N–H and O–H groups in total. The SMILES string of the molecule is CN=C(NCc1ccc(F)c(CO)c1)NCC(c1ccc(OC)cc1)N1CCCC1.I. The molecule has 1 aliphatic heterocycles. The van der Waals surface area contributed by atoms with Crippen molar-refractivity contribution < 1.29 is 14.2 Å². The van der Waals surface area contributed by atoms with E-state index in [2.05, 4.69) is 32.7 Å². The van der Waals surface area contributed by atoms with Crippen molar-refractivity contribution in [1.82, 2.24) is 15.5 Å². The maximum Gasteiger partial charge on any atom is 0.191 e. The van der Waals surface area contributed by atoms with Gasteiger partial charge in [-0.2, -0.15) is 0 Å². The number of ether oxygens (including phenoxy) is 1. The molecule has 31 heavy (non-hydrogen) atoms. The van der Waals surface area contributed by atoms with Crippen LogP contribution in [0.25, 0.3) is 0 Å². The van der Waals surface area contributed by atoms with E-state index in [0.29, 0.717) is 18.1 Å². The van der Waals surface area contributed by atoms with Crippen LogP contribution in [0, 0.1) is 5.82 Å². The number of methoxy groups -OCH3 is 1. The van der Waals surface area contributed by atoms with E-state index in [1.807, 2.05) is 12.1 Å². The summed E-state index contributed by atoms with van der Waals surface area (Å²) in [5, 5.41) is 15.9. The molecule has 0 aliphatic carbocycles. The number of halogens is 2. The minimum absolute atomic E-state index is 0. The molecule has 3 rings (SSSR count). The first-order chi connectivity index (χ1) is 14.6. The van der Waals surface area contributed by atoms with Gasteiger partial charge in [0.25, 0.3) is 0 Å². The topological polar surface area (TPSA) is 69.1 Å². The predicted molar refractivity (Wildman–Crippen MR) is 132 cm³/mol. The van der Waals surface area contributed by atoms with Gasteiger partial charge in [0.15, 0.2) is 5.96 Å². The Labute approximate surface area is 200 Å². The molecule has 0 spiro atoms. The number of guanidine groups is 1. The zero-order valence-electron chi connectivity index (χ0n) is 18.1. The van der Waals surface area contributed by atoms with Gasteiger partial charge in [-0.15, -0.1) is 24.0 Å². The van der Waals surface area contributed by atoms with Crippen LogP contribution in [0.1, 0.15) is 35.6 Å². The maximum atomic E-state index is 13.6. The Morgan fingerprint density at radius 1 is 1.16 bits per heavy atom. The lowest BCUT2D eigenvalue weighted by Gasteiger charge is -2.29. The van der Waals surface area contributed by atoms with Crippen molar-refractivity contribution in [3.63, 3.8) is 0 Å². The van der Waals surface area contributed by atoms with Crippen molar-refractivity contribution in [2.75, 3.05) is 33.8 Å². The average molecular weight is 542 g/mol. The highest BCUT2D eigenvalue weighted by atomic mass is 127. The molecule has 1 atom stereocenters. The van der Waals surface area contributed by atoms with E-state index in [1.165, 1.54) is 24.5 Å². The molecule has 170 valence electrons. The van der Waals surface area contributed by atoms with Crippen LogP contribution in [0.15, 0.2) is 47.5 Å². The lowest BCUT2D eigenvalue weighted by molar-refractivity contribution is 0.245.